The second-order valence-electron chi connectivity index (χ2n) is 11.0. The molecule has 3 N–H and O–H groups in total. The number of carbonyl (C=O) groups excluding carboxylic acids is 4. The number of fused-ring (bicyclic) bond motifs is 1. The minimum atomic E-state index is -3.00. The highest BCUT2D eigenvalue weighted by Gasteiger charge is 2.27. The van der Waals surface area contributed by atoms with Crippen LogP contribution in [0, 0.1) is 5.92 Å². The highest BCUT2D eigenvalue weighted by Crippen LogP contribution is 2.31. The summed E-state index contributed by atoms with van der Waals surface area (Å²) in [4.78, 5) is 50.9. The second-order valence-corrected chi connectivity index (χ2v) is 12.0. The number of thiol groups is 1. The summed E-state index contributed by atoms with van der Waals surface area (Å²) in [5, 5.41) is 9.59. The monoisotopic (exact) mass is 621 g/mol. The van der Waals surface area contributed by atoms with Crippen LogP contribution in [0.5, 0.6) is 0 Å². The lowest BCUT2D eigenvalue weighted by Gasteiger charge is -2.37. The van der Waals surface area contributed by atoms with Gasteiger partial charge >= 0.3 is 0 Å². The maximum Gasteiger partial charge on any atom is 0.289 e. The zero-order valence-corrected chi connectivity index (χ0v) is 25.6. The van der Waals surface area contributed by atoms with E-state index in [1.165, 1.54) is 16.3 Å². The first-order valence-corrected chi connectivity index (χ1v) is 15.8. The van der Waals surface area contributed by atoms with Crippen molar-refractivity contribution in [1.82, 2.24) is 25.2 Å². The normalized spacial score (nSPS) is 14.8. The van der Waals surface area contributed by atoms with E-state index in [9.17, 15) is 27.6 Å². The summed E-state index contributed by atoms with van der Waals surface area (Å²) in [6, 6.07) is 23.9. The number of ketones is 1. The fourth-order valence-electron chi connectivity index (χ4n) is 5.42. The van der Waals surface area contributed by atoms with Gasteiger partial charge in [0.15, 0.2) is 0 Å². The minimum absolute atomic E-state index is 0.106. The van der Waals surface area contributed by atoms with Crippen molar-refractivity contribution in [2.24, 2.45) is 5.92 Å². The van der Waals surface area contributed by atoms with E-state index in [-0.39, 0.29) is 25.0 Å². The number of piperidine rings is 1. The van der Waals surface area contributed by atoms with Crippen LogP contribution in [0.15, 0.2) is 72.8 Å². The van der Waals surface area contributed by atoms with Crippen molar-refractivity contribution >= 4 is 45.2 Å². The first-order chi connectivity index (χ1) is 21.2. The summed E-state index contributed by atoms with van der Waals surface area (Å²) in [6.07, 6.45) is 1.59. The molecule has 4 rings (SSSR count). The molecule has 0 bridgehead atoms. The number of benzene rings is 3. The van der Waals surface area contributed by atoms with Crippen molar-refractivity contribution in [1.29, 1.82) is 0 Å². The Bertz CT molecular complexity index is 1530. The Kier molecular flexibility index (Phi) is 12.0. The number of amides is 3. The highest BCUT2D eigenvalue weighted by atomic mass is 32.2. The fourth-order valence-corrected chi connectivity index (χ4v) is 6.03. The quantitative estimate of drug-likeness (QED) is 0.158. The van der Waals surface area contributed by atoms with Crippen LogP contribution in [-0.2, 0) is 36.6 Å². The molecule has 0 aliphatic carbocycles. The number of nitrogens with zero attached hydrogens (tertiary/aromatic N) is 2. The molecule has 44 heavy (non-hydrogen) atoms. The third kappa shape index (κ3) is 9.43. The Hall–Kier alpha value is -4.13. The van der Waals surface area contributed by atoms with E-state index in [1.54, 1.807) is 12.1 Å². The maximum absolute atomic E-state index is 12.4. The summed E-state index contributed by atoms with van der Waals surface area (Å²) in [5.74, 6) is -2.86. The fraction of sp³-hybridized carbons (Fsp3) is 0.375. The topological polar surface area (TPSA) is 145 Å². The molecule has 0 aromatic heterocycles. The van der Waals surface area contributed by atoms with E-state index >= 15 is 0 Å². The lowest BCUT2D eigenvalue weighted by atomic mass is 9.93. The molecule has 3 aromatic carbocycles. The predicted molar refractivity (Wildman–Crippen MR) is 168 cm³/mol. The molecule has 0 spiro atoms. The number of nitrogens with one attached hydrogen (secondary N) is 3. The second kappa shape index (κ2) is 16.1. The van der Waals surface area contributed by atoms with Crippen molar-refractivity contribution in [2.75, 3.05) is 39.3 Å². The van der Waals surface area contributed by atoms with E-state index in [0.717, 1.165) is 35.8 Å². The lowest BCUT2D eigenvalue weighted by molar-refractivity contribution is -0.138. The molecular weight excluding hydrogens is 582 g/mol. The number of Topliss-reactive ketones (excluding diaryl/α,β-unsaturated/α-hetero) is 1. The van der Waals surface area contributed by atoms with Crippen molar-refractivity contribution in [3.8, 4) is 0 Å². The average Bonchev–Trinajstić information content (AvgIpc) is 3.05. The number of carbonyl (C=O) groups is 4. The van der Waals surface area contributed by atoms with Gasteiger partial charge in [-0.15, -0.1) is 0 Å². The third-order valence-corrected chi connectivity index (χ3v) is 8.70. The van der Waals surface area contributed by atoms with Gasteiger partial charge in [-0.3, -0.25) is 24.1 Å². The number of hydrogen-bond acceptors (Lipinski definition) is 7. The van der Waals surface area contributed by atoms with Crippen LogP contribution in [0.1, 0.15) is 36.9 Å². The van der Waals surface area contributed by atoms with Gasteiger partial charge in [0.2, 0.25) is 28.5 Å². The Morgan fingerprint density at radius 3 is 2.23 bits per heavy atom. The molecule has 11 nitrogen and oxygen atoms in total. The van der Waals surface area contributed by atoms with Gasteiger partial charge in [0.05, 0.1) is 19.6 Å². The summed E-state index contributed by atoms with van der Waals surface area (Å²) in [5.41, 5.74) is 2.09. The number of hydrogen-bond donors (Lipinski definition) is 4. The van der Waals surface area contributed by atoms with Gasteiger partial charge in [-0.1, -0.05) is 72.8 Å². The molecular formula is C32H39N5O6S. The van der Waals surface area contributed by atoms with Crippen LogP contribution >= 0.6 is 0 Å². The molecule has 3 aromatic rings. The first kappa shape index (κ1) is 32.8. The molecule has 0 radical (unpaired) electrons. The van der Waals surface area contributed by atoms with Crippen molar-refractivity contribution in [3.05, 3.63) is 83.9 Å². The Balaban J connectivity index is 1.16. The molecule has 0 saturated carbocycles. The van der Waals surface area contributed by atoms with Gasteiger partial charge in [0, 0.05) is 19.1 Å². The average molecular weight is 622 g/mol. The van der Waals surface area contributed by atoms with E-state index < -0.39 is 54.0 Å². The third-order valence-electron chi connectivity index (χ3n) is 7.94. The maximum atomic E-state index is 12.4. The Morgan fingerprint density at radius 2 is 1.50 bits per heavy atom. The molecule has 1 aliphatic heterocycles. The Morgan fingerprint density at radius 1 is 0.841 bits per heavy atom. The molecule has 1 atom stereocenters. The van der Waals surface area contributed by atoms with Crippen LogP contribution in [0.2, 0.25) is 0 Å². The first-order valence-electron chi connectivity index (χ1n) is 14.7. The van der Waals surface area contributed by atoms with Gasteiger partial charge in [0.1, 0.15) is 0 Å². The molecule has 1 fully saturated rings. The minimum Gasteiger partial charge on any atom is -0.347 e. The SMILES string of the molecule is CC(c1cccc2ccccc12)N1CCC(CN(CC(=O)NCC(=O)NCC(=O)C(=O)NCc2ccccc2)[SH](=O)=O)CC1. The van der Waals surface area contributed by atoms with Crippen LogP contribution in [0.25, 0.3) is 10.8 Å². The smallest absolute Gasteiger partial charge is 0.289 e. The van der Waals surface area contributed by atoms with Gasteiger partial charge in [-0.05, 0) is 60.7 Å². The van der Waals surface area contributed by atoms with E-state index in [4.69, 9.17) is 0 Å². The molecule has 12 heteroatoms. The van der Waals surface area contributed by atoms with Crippen LogP contribution in [0.4, 0.5) is 0 Å². The highest BCUT2D eigenvalue weighted by molar-refractivity contribution is 7.69. The molecule has 1 unspecified atom stereocenters. The number of rotatable bonds is 14. The predicted octanol–water partition coefficient (Wildman–Crippen LogP) is 1.56. The van der Waals surface area contributed by atoms with Crippen LogP contribution in [0.3, 0.4) is 0 Å². The number of likely N-dealkylation sites (tertiary alicyclic amines) is 1. The summed E-state index contributed by atoms with van der Waals surface area (Å²) < 4.78 is 25.0. The van der Waals surface area contributed by atoms with Gasteiger partial charge in [-0.25, -0.2) is 8.42 Å². The van der Waals surface area contributed by atoms with E-state index in [0.29, 0.717) is 0 Å². The van der Waals surface area contributed by atoms with Crippen LogP contribution in [-0.4, -0.2) is 80.4 Å². The van der Waals surface area contributed by atoms with E-state index in [2.05, 4.69) is 58.1 Å². The van der Waals surface area contributed by atoms with Gasteiger partial charge in [0.25, 0.3) is 5.91 Å². The van der Waals surface area contributed by atoms with Crippen molar-refractivity contribution in [3.63, 3.8) is 0 Å². The Labute approximate surface area is 259 Å². The molecule has 1 aliphatic rings. The molecule has 3 amide bonds. The largest absolute Gasteiger partial charge is 0.347 e. The zero-order valence-electron chi connectivity index (χ0n) is 24.7. The van der Waals surface area contributed by atoms with Crippen LogP contribution < -0.4 is 16.0 Å². The summed E-state index contributed by atoms with van der Waals surface area (Å²) in [7, 11) is -3.00. The zero-order chi connectivity index (χ0) is 31.5. The molecule has 1 heterocycles. The van der Waals surface area contributed by atoms with E-state index in [1.807, 2.05) is 30.3 Å². The lowest BCUT2D eigenvalue weighted by Crippen LogP contribution is -2.45. The summed E-state index contributed by atoms with van der Waals surface area (Å²) >= 11 is 0. The van der Waals surface area contributed by atoms with Gasteiger partial charge < -0.3 is 16.0 Å². The standard InChI is InChI=1S/C32H39N5O6S/c1-23(27-13-7-11-26-10-5-6-12-28(26)27)36-16-14-25(15-17-36)21-37(44(42)43)22-31(40)34-20-30(39)33-19-29(38)32(41)35-18-24-8-3-2-4-9-24/h2-13,23,25,44H,14-22H2,1H3,(H,33,39)(H,34,40)(H,35,41). The van der Waals surface area contributed by atoms with Gasteiger partial charge in [-0.2, -0.15) is 4.31 Å². The summed E-state index contributed by atoms with van der Waals surface area (Å²) in [6.45, 7) is 2.84. The van der Waals surface area contributed by atoms with Crippen molar-refractivity contribution < 1.29 is 27.6 Å². The molecule has 1 saturated heterocycles. The molecule has 234 valence electrons. The van der Waals surface area contributed by atoms with Crippen molar-refractivity contribution in [2.45, 2.75) is 32.4 Å².